The third kappa shape index (κ3) is 6.05. The van der Waals surface area contributed by atoms with Crippen molar-refractivity contribution in [1.29, 1.82) is 0 Å². The lowest BCUT2D eigenvalue weighted by Crippen LogP contribution is -2.46. The second-order valence-corrected chi connectivity index (χ2v) is 5.45. The van der Waals surface area contributed by atoms with E-state index in [0.29, 0.717) is 31.6 Å². The first kappa shape index (κ1) is 16.0. The van der Waals surface area contributed by atoms with E-state index in [-0.39, 0.29) is 12.3 Å². The van der Waals surface area contributed by atoms with Crippen LogP contribution in [0.2, 0.25) is 0 Å². The second-order valence-electron chi connectivity index (χ2n) is 5.45. The Morgan fingerprint density at radius 3 is 2.58 bits per heavy atom. The van der Waals surface area contributed by atoms with Crippen molar-refractivity contribution in [2.75, 3.05) is 19.6 Å². The van der Waals surface area contributed by atoms with Gasteiger partial charge < -0.3 is 10.4 Å². The molecule has 110 valence electrons. The Morgan fingerprint density at radius 2 is 2.00 bits per heavy atom. The van der Waals surface area contributed by atoms with Crippen LogP contribution in [0.5, 0.6) is 0 Å². The van der Waals surface area contributed by atoms with Crippen LogP contribution in [0.25, 0.3) is 0 Å². The van der Waals surface area contributed by atoms with Gasteiger partial charge in [0.1, 0.15) is 0 Å². The predicted octanol–water partition coefficient (Wildman–Crippen LogP) is 1.48. The smallest absolute Gasteiger partial charge is 0.304 e. The largest absolute Gasteiger partial charge is 0.481 e. The minimum absolute atomic E-state index is 0.0194. The van der Waals surface area contributed by atoms with Gasteiger partial charge in [0.15, 0.2) is 0 Å². The zero-order valence-electron chi connectivity index (χ0n) is 12.0. The Morgan fingerprint density at radius 1 is 1.32 bits per heavy atom. The molecule has 0 aromatic heterocycles. The highest BCUT2D eigenvalue weighted by Crippen LogP contribution is 2.23. The lowest BCUT2D eigenvalue weighted by molar-refractivity contribution is -0.137. The number of rotatable bonds is 7. The van der Waals surface area contributed by atoms with Gasteiger partial charge in [0.2, 0.25) is 5.91 Å². The van der Waals surface area contributed by atoms with Crippen LogP contribution < -0.4 is 5.32 Å². The van der Waals surface area contributed by atoms with E-state index >= 15 is 0 Å². The van der Waals surface area contributed by atoms with Crippen molar-refractivity contribution in [2.45, 2.75) is 52.0 Å². The summed E-state index contributed by atoms with van der Waals surface area (Å²) in [6.45, 7) is 5.55. The van der Waals surface area contributed by atoms with Crippen molar-refractivity contribution in [1.82, 2.24) is 10.2 Å². The molecule has 0 bridgehead atoms. The number of nitrogens with one attached hydrogen (secondary N) is 1. The number of carbonyl (C=O) groups is 2. The van der Waals surface area contributed by atoms with Gasteiger partial charge in [-0.15, -0.1) is 0 Å². The highest BCUT2D eigenvalue weighted by atomic mass is 16.4. The van der Waals surface area contributed by atoms with Crippen molar-refractivity contribution < 1.29 is 14.7 Å². The average Bonchev–Trinajstić information content (AvgIpc) is 2.37. The number of nitrogens with zero attached hydrogens (tertiary/aromatic N) is 1. The maximum atomic E-state index is 12.0. The third-order valence-electron chi connectivity index (χ3n) is 3.91. The Kier molecular flexibility index (Phi) is 6.84. The number of carboxylic acids is 1. The van der Waals surface area contributed by atoms with Crippen LogP contribution in [-0.4, -0.2) is 47.6 Å². The molecule has 5 heteroatoms. The Labute approximate surface area is 115 Å². The molecule has 2 N–H and O–H groups in total. The fourth-order valence-electron chi connectivity index (χ4n) is 2.59. The summed E-state index contributed by atoms with van der Waals surface area (Å²) in [5.41, 5.74) is 0. The average molecular weight is 270 g/mol. The summed E-state index contributed by atoms with van der Waals surface area (Å²) < 4.78 is 0. The maximum absolute atomic E-state index is 12.0. The molecule has 0 saturated heterocycles. The normalized spacial score (nSPS) is 23.3. The Hall–Kier alpha value is -1.10. The van der Waals surface area contributed by atoms with E-state index < -0.39 is 5.97 Å². The lowest BCUT2D eigenvalue weighted by Gasteiger charge is -2.30. The molecular weight excluding hydrogens is 244 g/mol. The molecule has 1 rings (SSSR count). The molecule has 1 saturated carbocycles. The minimum Gasteiger partial charge on any atom is -0.481 e. The molecular formula is C14H26N2O3. The molecule has 1 fully saturated rings. The number of hydrogen-bond donors (Lipinski definition) is 2. The monoisotopic (exact) mass is 270 g/mol. The molecule has 1 aliphatic rings. The first-order chi connectivity index (χ1) is 9.02. The van der Waals surface area contributed by atoms with E-state index in [9.17, 15) is 9.59 Å². The van der Waals surface area contributed by atoms with Gasteiger partial charge in [-0.2, -0.15) is 0 Å². The van der Waals surface area contributed by atoms with Gasteiger partial charge >= 0.3 is 5.97 Å². The van der Waals surface area contributed by atoms with Gasteiger partial charge in [0, 0.05) is 12.6 Å². The van der Waals surface area contributed by atoms with E-state index in [2.05, 4.69) is 12.2 Å². The first-order valence-corrected chi connectivity index (χ1v) is 7.26. The number of carboxylic acid groups (broad SMARTS) is 1. The zero-order valence-corrected chi connectivity index (χ0v) is 12.0. The van der Waals surface area contributed by atoms with E-state index in [1.165, 1.54) is 19.3 Å². The molecule has 0 aromatic rings. The number of aliphatic carboxylic acids is 1. The number of carbonyl (C=O) groups excluding carboxylic acids is 1. The number of hydrogen-bond acceptors (Lipinski definition) is 3. The van der Waals surface area contributed by atoms with Crippen molar-refractivity contribution in [3.63, 3.8) is 0 Å². The molecule has 0 aliphatic heterocycles. The van der Waals surface area contributed by atoms with Gasteiger partial charge in [0.25, 0.3) is 0 Å². The highest BCUT2D eigenvalue weighted by Gasteiger charge is 2.23. The fourth-order valence-corrected chi connectivity index (χ4v) is 2.59. The Bertz CT molecular complexity index is 307. The quantitative estimate of drug-likeness (QED) is 0.735. The van der Waals surface area contributed by atoms with E-state index in [4.69, 9.17) is 5.11 Å². The minimum atomic E-state index is -0.820. The molecule has 2 atom stereocenters. The van der Waals surface area contributed by atoms with Gasteiger partial charge in [-0.05, 0) is 25.3 Å². The fraction of sp³-hybridized carbons (Fsp3) is 0.857. The molecule has 0 aromatic carbocycles. The maximum Gasteiger partial charge on any atom is 0.304 e. The molecule has 1 amide bonds. The molecule has 1 aliphatic carbocycles. The van der Waals surface area contributed by atoms with Gasteiger partial charge in [-0.25, -0.2) is 0 Å². The van der Waals surface area contributed by atoms with Crippen molar-refractivity contribution in [3.8, 4) is 0 Å². The van der Waals surface area contributed by atoms with Crippen LogP contribution in [-0.2, 0) is 9.59 Å². The van der Waals surface area contributed by atoms with Crippen molar-refractivity contribution >= 4 is 11.9 Å². The predicted molar refractivity (Wildman–Crippen MR) is 73.9 cm³/mol. The van der Waals surface area contributed by atoms with Crippen LogP contribution in [0.1, 0.15) is 46.0 Å². The summed E-state index contributed by atoms with van der Waals surface area (Å²) >= 11 is 0. The third-order valence-corrected chi connectivity index (χ3v) is 3.91. The second kappa shape index (κ2) is 8.15. The van der Waals surface area contributed by atoms with Crippen molar-refractivity contribution in [2.24, 2.45) is 5.92 Å². The topological polar surface area (TPSA) is 69.6 Å². The van der Waals surface area contributed by atoms with E-state index in [1.807, 2.05) is 11.8 Å². The molecule has 0 heterocycles. The zero-order chi connectivity index (χ0) is 14.3. The SMILES string of the molecule is CCN(CCC(=O)O)CC(=O)NC1CCCCC1C. The van der Waals surface area contributed by atoms with Gasteiger partial charge in [-0.1, -0.05) is 26.7 Å². The van der Waals surface area contributed by atoms with E-state index in [0.717, 1.165) is 6.42 Å². The van der Waals surface area contributed by atoms with Crippen LogP contribution in [0.3, 0.4) is 0 Å². The number of amides is 1. The van der Waals surface area contributed by atoms with E-state index in [1.54, 1.807) is 0 Å². The number of likely N-dealkylation sites (N-methyl/N-ethyl adjacent to an activating group) is 1. The molecule has 0 spiro atoms. The molecule has 5 nitrogen and oxygen atoms in total. The lowest BCUT2D eigenvalue weighted by atomic mass is 9.86. The standard InChI is InChI=1S/C14H26N2O3/c1-3-16(9-8-14(18)19)10-13(17)15-12-7-5-4-6-11(12)2/h11-12H,3-10H2,1-2H3,(H,15,17)(H,18,19). The molecule has 19 heavy (non-hydrogen) atoms. The van der Waals surface area contributed by atoms with Crippen LogP contribution in [0.15, 0.2) is 0 Å². The molecule has 2 unspecified atom stereocenters. The van der Waals surface area contributed by atoms with Crippen molar-refractivity contribution in [3.05, 3.63) is 0 Å². The van der Waals surface area contributed by atoms with Crippen LogP contribution in [0, 0.1) is 5.92 Å². The van der Waals surface area contributed by atoms with Gasteiger partial charge in [0.05, 0.1) is 13.0 Å². The van der Waals surface area contributed by atoms with Gasteiger partial charge in [-0.3, -0.25) is 14.5 Å². The summed E-state index contributed by atoms with van der Waals surface area (Å²) in [7, 11) is 0. The molecule has 0 radical (unpaired) electrons. The summed E-state index contributed by atoms with van der Waals surface area (Å²) in [4.78, 5) is 24.4. The van der Waals surface area contributed by atoms with Crippen LogP contribution >= 0.6 is 0 Å². The Balaban J connectivity index is 2.33. The van der Waals surface area contributed by atoms with Crippen LogP contribution in [0.4, 0.5) is 0 Å². The summed E-state index contributed by atoms with van der Waals surface area (Å²) in [5.74, 6) is -0.252. The first-order valence-electron chi connectivity index (χ1n) is 7.26. The summed E-state index contributed by atoms with van der Waals surface area (Å²) in [5, 5.41) is 11.8. The highest BCUT2D eigenvalue weighted by molar-refractivity contribution is 5.78. The summed E-state index contributed by atoms with van der Waals surface area (Å²) in [6, 6.07) is 0.291. The summed E-state index contributed by atoms with van der Waals surface area (Å²) in [6.07, 6.45) is 4.77.